The molecule has 1 aliphatic heterocycles. The van der Waals surface area contributed by atoms with Crippen LogP contribution < -0.4 is 0 Å². The molecule has 1 atom stereocenters. The number of hydrogen-bond acceptors (Lipinski definition) is 8. The van der Waals surface area contributed by atoms with Crippen molar-refractivity contribution in [2.24, 2.45) is 0 Å². The molecule has 0 spiro atoms. The van der Waals surface area contributed by atoms with Crippen LogP contribution >= 0.6 is 23.1 Å². The van der Waals surface area contributed by atoms with Gasteiger partial charge in [-0.25, -0.2) is 8.42 Å². The Labute approximate surface area is 171 Å². The molecule has 10 heteroatoms. The van der Waals surface area contributed by atoms with E-state index in [-0.39, 0.29) is 29.1 Å². The number of sulfone groups is 1. The molecule has 1 aliphatic rings. The maximum Gasteiger partial charge on any atom is 0.277 e. The van der Waals surface area contributed by atoms with E-state index in [1.54, 1.807) is 0 Å². The van der Waals surface area contributed by atoms with E-state index in [1.807, 2.05) is 42.0 Å². The van der Waals surface area contributed by atoms with Gasteiger partial charge in [0.2, 0.25) is 0 Å². The largest absolute Gasteiger partial charge is 0.410 e. The smallest absolute Gasteiger partial charge is 0.277 e. The summed E-state index contributed by atoms with van der Waals surface area (Å²) in [5, 5.41) is 10.3. The van der Waals surface area contributed by atoms with Crippen molar-refractivity contribution in [3.63, 3.8) is 0 Å². The molecule has 0 saturated carbocycles. The zero-order valence-electron chi connectivity index (χ0n) is 15.4. The quantitative estimate of drug-likeness (QED) is 0.430. The number of Topliss-reactive ketones (excluding diaryl/α,β-unsaturated/α-hetero) is 1. The number of ketones is 1. The van der Waals surface area contributed by atoms with Gasteiger partial charge in [-0.1, -0.05) is 17.8 Å². The molecule has 0 amide bonds. The predicted octanol–water partition coefficient (Wildman–Crippen LogP) is 3.55. The number of hydrogen-bond donors (Lipinski definition) is 0. The molecule has 0 radical (unpaired) electrons. The predicted molar refractivity (Wildman–Crippen MR) is 109 cm³/mol. The molecule has 0 aromatic carbocycles. The second-order valence-corrected chi connectivity index (χ2v) is 10.9. The van der Waals surface area contributed by atoms with Gasteiger partial charge in [0, 0.05) is 23.0 Å². The highest BCUT2D eigenvalue weighted by Gasteiger charge is 2.31. The molecule has 4 heterocycles. The van der Waals surface area contributed by atoms with Crippen molar-refractivity contribution in [3.05, 3.63) is 40.5 Å². The summed E-state index contributed by atoms with van der Waals surface area (Å²) in [7, 11) is -2.99. The van der Waals surface area contributed by atoms with Crippen LogP contribution in [0.25, 0.3) is 10.8 Å². The summed E-state index contributed by atoms with van der Waals surface area (Å²) in [6, 6.07) is 5.55. The van der Waals surface area contributed by atoms with Gasteiger partial charge in [0.05, 0.1) is 22.1 Å². The Morgan fingerprint density at radius 1 is 1.39 bits per heavy atom. The third-order valence-electron chi connectivity index (χ3n) is 4.82. The number of rotatable bonds is 6. The fourth-order valence-electron chi connectivity index (χ4n) is 3.57. The van der Waals surface area contributed by atoms with E-state index in [1.165, 1.54) is 23.1 Å². The average molecular weight is 438 g/mol. The summed E-state index contributed by atoms with van der Waals surface area (Å²) in [6.45, 7) is 3.78. The van der Waals surface area contributed by atoms with E-state index >= 15 is 0 Å². The topological polar surface area (TPSA) is 95.1 Å². The Hall–Kier alpha value is -1.91. The number of aromatic nitrogens is 3. The molecular weight excluding hydrogens is 418 g/mol. The minimum atomic E-state index is -2.99. The van der Waals surface area contributed by atoms with Crippen molar-refractivity contribution in [2.75, 3.05) is 17.3 Å². The van der Waals surface area contributed by atoms with Crippen LogP contribution in [-0.2, 0) is 9.84 Å². The molecule has 148 valence electrons. The van der Waals surface area contributed by atoms with Crippen molar-refractivity contribution in [3.8, 4) is 10.8 Å². The maximum atomic E-state index is 12.7. The lowest BCUT2D eigenvalue weighted by Gasteiger charge is -2.16. The molecule has 0 unspecified atom stereocenters. The van der Waals surface area contributed by atoms with Crippen molar-refractivity contribution in [2.45, 2.75) is 31.5 Å². The van der Waals surface area contributed by atoms with E-state index < -0.39 is 9.84 Å². The lowest BCUT2D eigenvalue weighted by molar-refractivity contribution is 0.102. The molecular formula is C18H19N3O4S3. The van der Waals surface area contributed by atoms with Crippen LogP contribution in [0.4, 0.5) is 0 Å². The van der Waals surface area contributed by atoms with Crippen molar-refractivity contribution < 1.29 is 17.6 Å². The summed E-state index contributed by atoms with van der Waals surface area (Å²) in [5.74, 6) is 0.933. The zero-order chi connectivity index (χ0) is 19.9. The zero-order valence-corrected chi connectivity index (χ0v) is 17.9. The molecule has 28 heavy (non-hydrogen) atoms. The lowest BCUT2D eigenvalue weighted by atomic mass is 10.2. The molecule has 4 rings (SSSR count). The van der Waals surface area contributed by atoms with Gasteiger partial charge in [0.15, 0.2) is 15.6 Å². The molecule has 0 N–H and O–H groups in total. The third-order valence-corrected chi connectivity index (χ3v) is 8.25. The van der Waals surface area contributed by atoms with Crippen LogP contribution in [0.5, 0.6) is 0 Å². The fraction of sp³-hybridized carbons (Fsp3) is 0.389. The Morgan fingerprint density at radius 3 is 2.89 bits per heavy atom. The van der Waals surface area contributed by atoms with Gasteiger partial charge < -0.3 is 8.98 Å². The van der Waals surface area contributed by atoms with Gasteiger partial charge in [-0.05, 0) is 37.8 Å². The van der Waals surface area contributed by atoms with E-state index in [0.717, 1.165) is 16.3 Å². The van der Waals surface area contributed by atoms with Gasteiger partial charge in [-0.3, -0.25) is 4.79 Å². The minimum absolute atomic E-state index is 0.0407. The van der Waals surface area contributed by atoms with Crippen LogP contribution in [0.3, 0.4) is 0 Å². The number of thioether (sulfide) groups is 1. The lowest BCUT2D eigenvalue weighted by Crippen LogP contribution is -2.14. The molecule has 1 saturated heterocycles. The first-order valence-electron chi connectivity index (χ1n) is 8.76. The highest BCUT2D eigenvalue weighted by atomic mass is 32.2. The summed E-state index contributed by atoms with van der Waals surface area (Å²) in [5.41, 5.74) is 2.34. The van der Waals surface area contributed by atoms with Gasteiger partial charge in [-0.2, -0.15) is 0 Å². The van der Waals surface area contributed by atoms with Crippen molar-refractivity contribution in [1.82, 2.24) is 14.8 Å². The van der Waals surface area contributed by atoms with E-state index in [4.69, 9.17) is 4.42 Å². The summed E-state index contributed by atoms with van der Waals surface area (Å²) >= 11 is 2.72. The van der Waals surface area contributed by atoms with Gasteiger partial charge in [-0.15, -0.1) is 21.5 Å². The Morgan fingerprint density at radius 2 is 2.21 bits per heavy atom. The van der Waals surface area contributed by atoms with Crippen LogP contribution in [0.1, 0.15) is 34.2 Å². The SMILES string of the molecule is Cc1cc(C(=O)CSc2nnc(-c3cccs3)o2)c(C)n1[C@H]1CCS(=O)(=O)C1. The molecule has 1 fully saturated rings. The number of aryl methyl sites for hydroxylation is 1. The second-order valence-electron chi connectivity index (χ2n) is 6.77. The summed E-state index contributed by atoms with van der Waals surface area (Å²) < 4.78 is 31.2. The molecule has 0 bridgehead atoms. The maximum absolute atomic E-state index is 12.7. The molecule has 7 nitrogen and oxygen atoms in total. The van der Waals surface area contributed by atoms with Crippen LogP contribution in [0.2, 0.25) is 0 Å². The first kappa shape index (κ1) is 19.4. The van der Waals surface area contributed by atoms with Gasteiger partial charge in [0.1, 0.15) is 0 Å². The molecule has 3 aromatic rings. The summed E-state index contributed by atoms with van der Waals surface area (Å²) in [6.07, 6.45) is 0.592. The third kappa shape index (κ3) is 3.81. The van der Waals surface area contributed by atoms with Crippen LogP contribution in [0.15, 0.2) is 33.2 Å². The van der Waals surface area contributed by atoms with Gasteiger partial charge in [0.25, 0.3) is 11.1 Å². The highest BCUT2D eigenvalue weighted by Crippen LogP contribution is 2.31. The monoisotopic (exact) mass is 437 g/mol. The average Bonchev–Trinajstić information content (AvgIpc) is 3.40. The normalized spacial score (nSPS) is 18.6. The van der Waals surface area contributed by atoms with Crippen LogP contribution in [-0.4, -0.2) is 46.2 Å². The van der Waals surface area contributed by atoms with E-state index in [0.29, 0.717) is 23.1 Å². The second kappa shape index (κ2) is 7.49. The number of thiophene rings is 1. The first-order valence-corrected chi connectivity index (χ1v) is 12.4. The van der Waals surface area contributed by atoms with Gasteiger partial charge >= 0.3 is 0 Å². The van der Waals surface area contributed by atoms with E-state index in [9.17, 15) is 13.2 Å². The molecule has 3 aromatic heterocycles. The van der Waals surface area contributed by atoms with E-state index in [2.05, 4.69) is 10.2 Å². The number of carbonyl (C=O) groups excluding carboxylic acids is 1. The Balaban J connectivity index is 1.46. The van der Waals surface area contributed by atoms with Crippen LogP contribution in [0, 0.1) is 13.8 Å². The standard InChI is InChI=1S/C18H19N3O4S3/c1-11-8-14(12(2)21(11)13-5-7-28(23,24)10-13)15(22)9-27-18-20-19-17(25-18)16-4-3-6-26-16/h3-4,6,8,13H,5,7,9-10H2,1-2H3/t13-/m0/s1. The highest BCUT2D eigenvalue weighted by molar-refractivity contribution is 7.99. The Bertz CT molecular complexity index is 1110. The molecule has 0 aliphatic carbocycles. The Kier molecular flexibility index (Phi) is 5.19. The minimum Gasteiger partial charge on any atom is -0.410 e. The summed E-state index contributed by atoms with van der Waals surface area (Å²) in [4.78, 5) is 13.6. The first-order chi connectivity index (χ1) is 13.3. The fourth-order valence-corrected chi connectivity index (χ4v) is 6.56. The van der Waals surface area contributed by atoms with Crippen molar-refractivity contribution in [1.29, 1.82) is 0 Å². The number of nitrogens with zero attached hydrogens (tertiary/aromatic N) is 3. The van der Waals surface area contributed by atoms with Crippen molar-refractivity contribution >= 4 is 38.7 Å². The number of carbonyl (C=O) groups is 1.